The molecule has 0 aliphatic heterocycles. The molecular weight excluding hydrogens is 376 g/mol. The smallest absolute Gasteiger partial charge is 0.286 e. The number of hydrogen-bond acceptors (Lipinski definition) is 7. The van der Waals surface area contributed by atoms with Gasteiger partial charge in [-0.25, -0.2) is 0 Å². The van der Waals surface area contributed by atoms with Gasteiger partial charge in [-0.1, -0.05) is 58.2 Å². The molecule has 158 valence electrons. The molecular formula is C20H34N4O3S. The van der Waals surface area contributed by atoms with Crippen LogP contribution in [0.25, 0.3) is 0 Å². The number of nitrogens with one attached hydrogen (secondary N) is 2. The van der Waals surface area contributed by atoms with Crippen LogP contribution < -0.4 is 10.6 Å². The van der Waals surface area contributed by atoms with Crippen LogP contribution in [0.1, 0.15) is 76.4 Å². The minimum absolute atomic E-state index is 0.00638. The maximum Gasteiger partial charge on any atom is 0.286 e. The maximum atomic E-state index is 13.0. The van der Waals surface area contributed by atoms with Gasteiger partial charge in [-0.15, -0.1) is 10.2 Å². The van der Waals surface area contributed by atoms with Crippen molar-refractivity contribution < 1.29 is 14.0 Å². The summed E-state index contributed by atoms with van der Waals surface area (Å²) in [5.74, 6) is 0.420. The summed E-state index contributed by atoms with van der Waals surface area (Å²) in [7, 11) is 1.87. The van der Waals surface area contributed by atoms with Gasteiger partial charge in [0.1, 0.15) is 0 Å². The molecule has 1 heterocycles. The number of carbonyl (C=O) groups is 2. The molecule has 0 radical (unpaired) electrons. The van der Waals surface area contributed by atoms with Crippen LogP contribution in [0.4, 0.5) is 0 Å². The second kappa shape index (κ2) is 11.0. The fourth-order valence-corrected chi connectivity index (χ4v) is 4.13. The van der Waals surface area contributed by atoms with E-state index in [2.05, 4.69) is 41.6 Å². The van der Waals surface area contributed by atoms with Gasteiger partial charge in [-0.2, -0.15) is 0 Å². The maximum absolute atomic E-state index is 13.0. The molecule has 1 aliphatic carbocycles. The van der Waals surface area contributed by atoms with E-state index in [1.807, 2.05) is 7.05 Å². The van der Waals surface area contributed by atoms with E-state index in [9.17, 15) is 9.59 Å². The van der Waals surface area contributed by atoms with E-state index in [-0.39, 0.29) is 28.9 Å². The summed E-state index contributed by atoms with van der Waals surface area (Å²) < 4.78 is 5.55. The molecule has 28 heavy (non-hydrogen) atoms. The molecule has 1 atom stereocenters. The lowest BCUT2D eigenvalue weighted by Gasteiger charge is -2.26. The van der Waals surface area contributed by atoms with Gasteiger partial charge >= 0.3 is 0 Å². The fourth-order valence-electron chi connectivity index (χ4n) is 3.41. The predicted octanol–water partition coefficient (Wildman–Crippen LogP) is 3.46. The highest BCUT2D eigenvalue weighted by Gasteiger charge is 2.32. The number of thioether (sulfide) groups is 1. The highest BCUT2D eigenvalue weighted by atomic mass is 32.2. The Hall–Kier alpha value is -1.41. The van der Waals surface area contributed by atoms with Crippen LogP contribution in [0.15, 0.2) is 9.64 Å². The molecule has 0 spiro atoms. The molecule has 1 aromatic rings. The molecule has 1 aliphatic rings. The SMILES string of the molecule is CNCCSc1nnc(C(=O)C(CC(C)(C)C)NC(=O)C2CCCCCC2)o1. The molecule has 2 rings (SSSR count). The summed E-state index contributed by atoms with van der Waals surface area (Å²) in [6.07, 6.45) is 6.84. The number of nitrogens with zero attached hydrogens (tertiary/aromatic N) is 2. The lowest BCUT2D eigenvalue weighted by Crippen LogP contribution is -2.45. The molecule has 1 fully saturated rings. The molecule has 2 N–H and O–H groups in total. The highest BCUT2D eigenvalue weighted by molar-refractivity contribution is 7.99. The first-order valence-corrected chi connectivity index (χ1v) is 11.2. The van der Waals surface area contributed by atoms with Crippen LogP contribution in [-0.4, -0.2) is 47.3 Å². The minimum Gasteiger partial charge on any atom is -0.408 e. The van der Waals surface area contributed by atoms with E-state index in [1.165, 1.54) is 24.6 Å². The van der Waals surface area contributed by atoms with Crippen LogP contribution >= 0.6 is 11.8 Å². The normalized spacial score (nSPS) is 17.1. The van der Waals surface area contributed by atoms with Gasteiger partial charge in [0.25, 0.3) is 11.1 Å². The Kier molecular flexibility index (Phi) is 8.95. The van der Waals surface area contributed by atoms with E-state index in [0.29, 0.717) is 11.6 Å². The summed E-state index contributed by atoms with van der Waals surface area (Å²) in [6, 6.07) is -0.647. The third-order valence-corrected chi connectivity index (χ3v) is 5.69. The van der Waals surface area contributed by atoms with E-state index < -0.39 is 6.04 Å². The van der Waals surface area contributed by atoms with Crippen molar-refractivity contribution in [1.29, 1.82) is 0 Å². The lowest BCUT2D eigenvalue weighted by molar-refractivity contribution is -0.126. The summed E-state index contributed by atoms with van der Waals surface area (Å²) in [4.78, 5) is 25.8. The Balaban J connectivity index is 2.06. The van der Waals surface area contributed by atoms with E-state index >= 15 is 0 Å². The first kappa shape index (κ1) is 22.9. The number of carbonyl (C=O) groups excluding carboxylic acids is 2. The average molecular weight is 411 g/mol. The summed E-state index contributed by atoms with van der Waals surface area (Å²) in [5.41, 5.74) is -0.124. The third kappa shape index (κ3) is 7.54. The largest absolute Gasteiger partial charge is 0.408 e. The summed E-state index contributed by atoms with van der Waals surface area (Å²) in [6.45, 7) is 6.97. The first-order valence-electron chi connectivity index (χ1n) is 10.3. The molecule has 8 heteroatoms. The van der Waals surface area contributed by atoms with E-state index in [0.717, 1.165) is 38.0 Å². The van der Waals surface area contributed by atoms with Crippen LogP contribution in [0.3, 0.4) is 0 Å². The van der Waals surface area contributed by atoms with Crippen LogP contribution in [-0.2, 0) is 4.79 Å². The van der Waals surface area contributed by atoms with Gasteiger partial charge in [0, 0.05) is 18.2 Å². The predicted molar refractivity (Wildman–Crippen MR) is 110 cm³/mol. The number of amides is 1. The van der Waals surface area contributed by atoms with Crippen molar-refractivity contribution in [2.75, 3.05) is 19.3 Å². The number of rotatable bonds is 9. The first-order chi connectivity index (χ1) is 13.3. The Labute approximate surface area is 172 Å². The van der Waals surface area contributed by atoms with Crippen molar-refractivity contribution in [2.45, 2.75) is 77.0 Å². The Morgan fingerprint density at radius 1 is 1.18 bits per heavy atom. The minimum atomic E-state index is -0.647. The van der Waals surface area contributed by atoms with Crippen molar-refractivity contribution in [1.82, 2.24) is 20.8 Å². The molecule has 1 amide bonds. The Morgan fingerprint density at radius 3 is 2.46 bits per heavy atom. The number of hydrogen-bond donors (Lipinski definition) is 2. The van der Waals surface area contributed by atoms with Gasteiger partial charge < -0.3 is 15.1 Å². The van der Waals surface area contributed by atoms with Gasteiger partial charge in [-0.05, 0) is 31.7 Å². The second-order valence-electron chi connectivity index (χ2n) is 8.70. The topological polar surface area (TPSA) is 97.1 Å². The molecule has 0 saturated heterocycles. The Morgan fingerprint density at radius 2 is 1.86 bits per heavy atom. The van der Waals surface area contributed by atoms with Crippen molar-refractivity contribution in [3.63, 3.8) is 0 Å². The second-order valence-corrected chi connectivity index (χ2v) is 9.75. The molecule has 1 unspecified atom stereocenters. The van der Waals surface area contributed by atoms with E-state index in [4.69, 9.17) is 4.42 Å². The number of ketones is 1. The van der Waals surface area contributed by atoms with Crippen molar-refractivity contribution in [3.05, 3.63) is 5.89 Å². The molecule has 0 aromatic carbocycles. The quantitative estimate of drug-likeness (QED) is 0.278. The highest BCUT2D eigenvalue weighted by Crippen LogP contribution is 2.26. The van der Waals surface area contributed by atoms with Crippen LogP contribution in [0.5, 0.6) is 0 Å². The van der Waals surface area contributed by atoms with Crippen LogP contribution in [0, 0.1) is 11.3 Å². The van der Waals surface area contributed by atoms with E-state index in [1.54, 1.807) is 0 Å². The number of aromatic nitrogens is 2. The zero-order valence-electron chi connectivity index (χ0n) is 17.5. The zero-order valence-corrected chi connectivity index (χ0v) is 18.4. The molecule has 1 aromatic heterocycles. The lowest BCUT2D eigenvalue weighted by atomic mass is 9.86. The number of Topliss-reactive ketones (excluding diaryl/α,β-unsaturated/α-hetero) is 1. The van der Waals surface area contributed by atoms with Crippen molar-refractivity contribution in [3.8, 4) is 0 Å². The standard InChI is InChI=1S/C20H34N4O3S/c1-20(2,3)13-15(22-17(26)14-9-7-5-6-8-10-14)16(25)18-23-24-19(27-18)28-12-11-21-4/h14-15,21H,5-13H2,1-4H3,(H,22,26). The van der Waals surface area contributed by atoms with Crippen molar-refractivity contribution >= 4 is 23.5 Å². The Bertz CT molecular complexity index is 634. The summed E-state index contributed by atoms with van der Waals surface area (Å²) in [5, 5.41) is 14.3. The molecule has 1 saturated carbocycles. The molecule has 7 nitrogen and oxygen atoms in total. The monoisotopic (exact) mass is 410 g/mol. The average Bonchev–Trinajstić information content (AvgIpc) is 2.92. The molecule has 0 bridgehead atoms. The third-order valence-electron chi connectivity index (χ3n) is 4.87. The van der Waals surface area contributed by atoms with Crippen LogP contribution in [0.2, 0.25) is 0 Å². The van der Waals surface area contributed by atoms with Crippen molar-refractivity contribution in [2.24, 2.45) is 11.3 Å². The zero-order chi connectivity index (χ0) is 20.6. The van der Waals surface area contributed by atoms with Gasteiger partial charge in [0.15, 0.2) is 0 Å². The van der Waals surface area contributed by atoms with Gasteiger partial charge in [-0.3, -0.25) is 9.59 Å². The van der Waals surface area contributed by atoms with Gasteiger partial charge in [0.2, 0.25) is 11.7 Å². The summed E-state index contributed by atoms with van der Waals surface area (Å²) >= 11 is 1.40. The van der Waals surface area contributed by atoms with Gasteiger partial charge in [0.05, 0.1) is 6.04 Å². The fraction of sp³-hybridized carbons (Fsp3) is 0.800.